The van der Waals surface area contributed by atoms with E-state index in [1.54, 1.807) is 11.9 Å². The van der Waals surface area contributed by atoms with Gasteiger partial charge >= 0.3 is 0 Å². The van der Waals surface area contributed by atoms with Crippen molar-refractivity contribution < 1.29 is 0 Å². The van der Waals surface area contributed by atoms with Crippen LogP contribution in [-0.4, -0.2) is 44.1 Å². The van der Waals surface area contributed by atoms with Gasteiger partial charge in [-0.3, -0.25) is 4.31 Å². The van der Waals surface area contributed by atoms with Crippen molar-refractivity contribution >= 4 is 17.6 Å². The molecule has 0 spiro atoms. The minimum Gasteiger partial charge on any atom is -0.355 e. The average Bonchev–Trinajstić information content (AvgIpc) is 2.40. The molecule has 1 atom stereocenters. The zero-order valence-corrected chi connectivity index (χ0v) is 12.6. The maximum atomic E-state index is 3.40. The van der Waals surface area contributed by atoms with Crippen LogP contribution in [-0.2, 0) is 0 Å². The summed E-state index contributed by atoms with van der Waals surface area (Å²) in [5, 5.41) is 3.40. The Morgan fingerprint density at radius 3 is 2.68 bits per heavy atom. The highest BCUT2D eigenvalue weighted by molar-refractivity contribution is 7.97. The first-order valence-electron chi connectivity index (χ1n) is 6.55. The van der Waals surface area contributed by atoms with Crippen LogP contribution in [0.2, 0.25) is 0 Å². The van der Waals surface area contributed by atoms with Gasteiger partial charge in [0.15, 0.2) is 0 Å². The molecule has 4 heteroatoms. The third kappa shape index (κ3) is 3.90. The van der Waals surface area contributed by atoms with Gasteiger partial charge in [-0.2, -0.15) is 0 Å². The third-order valence-electron chi connectivity index (χ3n) is 3.01. The van der Waals surface area contributed by atoms with Crippen LogP contribution < -0.4 is 10.2 Å². The van der Waals surface area contributed by atoms with Gasteiger partial charge in [0, 0.05) is 30.2 Å². The van der Waals surface area contributed by atoms with Crippen molar-refractivity contribution in [2.45, 2.75) is 17.9 Å². The largest absolute Gasteiger partial charge is 0.355 e. The first-order chi connectivity index (χ1) is 9.20. The molecule has 19 heavy (non-hydrogen) atoms. The summed E-state index contributed by atoms with van der Waals surface area (Å²) in [5.74, 6) is 6.31. The summed E-state index contributed by atoms with van der Waals surface area (Å²) >= 11 is 1.74. The van der Waals surface area contributed by atoms with Crippen LogP contribution in [0.25, 0.3) is 0 Å². The monoisotopic (exact) mass is 275 g/mol. The van der Waals surface area contributed by atoms with Crippen molar-refractivity contribution in [1.29, 1.82) is 0 Å². The molecule has 0 aliphatic carbocycles. The molecule has 0 saturated carbocycles. The van der Waals surface area contributed by atoms with E-state index in [0.717, 1.165) is 19.6 Å². The van der Waals surface area contributed by atoms with E-state index >= 15 is 0 Å². The number of rotatable bonds is 3. The SMILES string of the molecule is CC#CC1CNCCN1c1ccc(SN(C)C)cc1. The van der Waals surface area contributed by atoms with Gasteiger partial charge in [0.05, 0.1) is 0 Å². The molecule has 3 nitrogen and oxygen atoms in total. The lowest BCUT2D eigenvalue weighted by Gasteiger charge is -2.35. The Balaban J connectivity index is 2.12. The second kappa shape index (κ2) is 6.85. The van der Waals surface area contributed by atoms with Crippen LogP contribution >= 0.6 is 11.9 Å². The number of hydrogen-bond acceptors (Lipinski definition) is 4. The number of nitrogens with one attached hydrogen (secondary N) is 1. The second-order valence-electron chi connectivity index (χ2n) is 4.71. The van der Waals surface area contributed by atoms with Crippen LogP contribution in [0.4, 0.5) is 5.69 Å². The van der Waals surface area contributed by atoms with Crippen molar-refractivity contribution in [1.82, 2.24) is 9.62 Å². The molecule has 0 amide bonds. The van der Waals surface area contributed by atoms with Gasteiger partial charge < -0.3 is 10.2 Å². The van der Waals surface area contributed by atoms with Gasteiger partial charge in [0.2, 0.25) is 0 Å². The highest BCUT2D eigenvalue weighted by atomic mass is 32.2. The van der Waals surface area contributed by atoms with E-state index in [4.69, 9.17) is 0 Å². The molecule has 1 heterocycles. The molecule has 1 N–H and O–H groups in total. The third-order valence-corrected chi connectivity index (χ3v) is 3.86. The van der Waals surface area contributed by atoms with E-state index in [1.165, 1.54) is 10.6 Å². The molecule has 0 aromatic heterocycles. The molecule has 1 saturated heterocycles. The fourth-order valence-electron chi connectivity index (χ4n) is 2.22. The number of benzene rings is 1. The molecule has 102 valence electrons. The topological polar surface area (TPSA) is 18.5 Å². The maximum Gasteiger partial charge on any atom is 0.103 e. The minimum absolute atomic E-state index is 0.283. The zero-order chi connectivity index (χ0) is 13.7. The van der Waals surface area contributed by atoms with Crippen molar-refractivity contribution in [3.05, 3.63) is 24.3 Å². The smallest absolute Gasteiger partial charge is 0.103 e. The molecule has 1 fully saturated rings. The number of anilines is 1. The normalized spacial score (nSPS) is 19.2. The molecule has 1 unspecified atom stereocenters. The van der Waals surface area contributed by atoms with Crippen LogP contribution in [0.15, 0.2) is 29.2 Å². The number of nitrogens with zero attached hydrogens (tertiary/aromatic N) is 2. The van der Waals surface area contributed by atoms with E-state index in [1.807, 2.05) is 6.92 Å². The lowest BCUT2D eigenvalue weighted by molar-refractivity contribution is 0.538. The molecule has 0 bridgehead atoms. The summed E-state index contributed by atoms with van der Waals surface area (Å²) < 4.78 is 2.10. The first-order valence-corrected chi connectivity index (χ1v) is 7.33. The summed E-state index contributed by atoms with van der Waals surface area (Å²) in [6.07, 6.45) is 0. The molecule has 1 aromatic rings. The van der Waals surface area contributed by atoms with E-state index in [2.05, 4.69) is 64.7 Å². The Kier molecular flexibility index (Phi) is 5.15. The maximum absolute atomic E-state index is 3.40. The highest BCUT2D eigenvalue weighted by Crippen LogP contribution is 2.24. The van der Waals surface area contributed by atoms with Crippen molar-refractivity contribution in [3.8, 4) is 11.8 Å². The molecule has 2 rings (SSSR count). The average molecular weight is 275 g/mol. The lowest BCUT2D eigenvalue weighted by atomic mass is 10.1. The fourth-order valence-corrected chi connectivity index (χ4v) is 2.90. The summed E-state index contributed by atoms with van der Waals surface area (Å²) in [6.45, 7) is 4.88. The Morgan fingerprint density at radius 1 is 1.32 bits per heavy atom. The van der Waals surface area contributed by atoms with Crippen molar-refractivity contribution in [3.63, 3.8) is 0 Å². The van der Waals surface area contributed by atoms with Gasteiger partial charge in [-0.1, -0.05) is 5.92 Å². The standard InChI is InChI=1S/C15H21N3S/c1-4-5-14-12-16-10-11-18(14)13-6-8-15(9-7-13)19-17(2)3/h6-9,14,16H,10-12H2,1-3H3. The molecule has 1 aliphatic heterocycles. The van der Waals surface area contributed by atoms with Crippen LogP contribution in [0.1, 0.15) is 6.92 Å². The summed E-state index contributed by atoms with van der Waals surface area (Å²) in [6, 6.07) is 9.03. The Bertz CT molecular complexity index is 459. The van der Waals surface area contributed by atoms with Gasteiger partial charge in [-0.25, -0.2) is 0 Å². The van der Waals surface area contributed by atoms with Crippen LogP contribution in [0.3, 0.4) is 0 Å². The van der Waals surface area contributed by atoms with Crippen molar-refractivity contribution in [2.75, 3.05) is 38.6 Å². The van der Waals surface area contributed by atoms with E-state index in [9.17, 15) is 0 Å². The number of hydrogen-bond donors (Lipinski definition) is 1. The number of piperazine rings is 1. The van der Waals surface area contributed by atoms with E-state index < -0.39 is 0 Å². The predicted octanol–water partition coefficient (Wildman–Crippen LogP) is 2.06. The summed E-state index contributed by atoms with van der Waals surface area (Å²) in [4.78, 5) is 3.65. The predicted molar refractivity (Wildman–Crippen MR) is 83.4 cm³/mol. The Labute approximate surface area is 120 Å². The second-order valence-corrected chi connectivity index (χ2v) is 6.09. The quantitative estimate of drug-likeness (QED) is 0.672. The van der Waals surface area contributed by atoms with Gasteiger partial charge in [-0.05, 0) is 57.2 Å². The summed E-state index contributed by atoms with van der Waals surface area (Å²) in [5.41, 5.74) is 1.26. The van der Waals surface area contributed by atoms with Crippen molar-refractivity contribution in [2.24, 2.45) is 0 Å². The molecule has 1 aliphatic rings. The minimum atomic E-state index is 0.283. The Hall–Kier alpha value is -1.15. The lowest BCUT2D eigenvalue weighted by Crippen LogP contribution is -2.50. The van der Waals surface area contributed by atoms with Crippen LogP contribution in [0.5, 0.6) is 0 Å². The van der Waals surface area contributed by atoms with Crippen LogP contribution in [0, 0.1) is 11.8 Å². The zero-order valence-electron chi connectivity index (χ0n) is 11.8. The van der Waals surface area contributed by atoms with E-state index in [0.29, 0.717) is 0 Å². The molecular weight excluding hydrogens is 254 g/mol. The molecular formula is C15H21N3S. The van der Waals surface area contributed by atoms with E-state index in [-0.39, 0.29) is 6.04 Å². The first kappa shape index (κ1) is 14.3. The summed E-state index contributed by atoms with van der Waals surface area (Å²) in [7, 11) is 4.11. The molecule has 1 aromatic carbocycles. The molecule has 0 radical (unpaired) electrons. The fraction of sp³-hybridized carbons (Fsp3) is 0.467. The van der Waals surface area contributed by atoms with Gasteiger partial charge in [0.1, 0.15) is 6.04 Å². The Morgan fingerprint density at radius 2 is 2.05 bits per heavy atom. The van der Waals surface area contributed by atoms with Gasteiger partial charge in [-0.15, -0.1) is 5.92 Å². The highest BCUT2D eigenvalue weighted by Gasteiger charge is 2.20. The van der Waals surface area contributed by atoms with Gasteiger partial charge in [0.25, 0.3) is 0 Å².